The Hall–Kier alpha value is -1.84. The van der Waals surface area contributed by atoms with Crippen LogP contribution in [0.3, 0.4) is 0 Å². The number of hydrogen-bond acceptors (Lipinski definition) is 3. The zero-order valence-corrected chi connectivity index (χ0v) is 10.4. The van der Waals surface area contributed by atoms with Gasteiger partial charge in [-0.05, 0) is 44.0 Å². The molecule has 0 aromatic heterocycles. The van der Waals surface area contributed by atoms with Crippen molar-refractivity contribution < 1.29 is 14.3 Å². The van der Waals surface area contributed by atoms with Gasteiger partial charge in [0.05, 0.1) is 12.6 Å². The maximum Gasteiger partial charge on any atom is 0.220 e. The molecule has 1 N–H and O–H groups in total. The second kappa shape index (κ2) is 5.67. The van der Waals surface area contributed by atoms with Crippen LogP contribution in [0.25, 0.3) is 0 Å². The Labute approximate surface area is 106 Å². The summed E-state index contributed by atoms with van der Waals surface area (Å²) in [4.78, 5) is 23.4. The van der Waals surface area contributed by atoms with E-state index in [4.69, 9.17) is 4.74 Å². The number of hydrogen-bond donors (Lipinski definition) is 1. The molecule has 0 spiro atoms. The van der Waals surface area contributed by atoms with Crippen molar-refractivity contribution >= 4 is 11.7 Å². The number of amides is 1. The summed E-state index contributed by atoms with van der Waals surface area (Å²) < 4.78 is 5.32. The van der Waals surface area contributed by atoms with Crippen LogP contribution in [-0.2, 0) is 4.79 Å². The predicted molar refractivity (Wildman–Crippen MR) is 67.7 cm³/mol. The molecule has 1 atom stereocenters. The molecular formula is C14H17NO3. The topological polar surface area (TPSA) is 55.4 Å². The van der Waals surface area contributed by atoms with Crippen LogP contribution in [0.2, 0.25) is 0 Å². The summed E-state index contributed by atoms with van der Waals surface area (Å²) >= 11 is 0. The van der Waals surface area contributed by atoms with E-state index in [1.54, 1.807) is 24.3 Å². The molecule has 1 saturated heterocycles. The van der Waals surface area contributed by atoms with Crippen molar-refractivity contribution in [3.05, 3.63) is 29.8 Å². The van der Waals surface area contributed by atoms with Crippen LogP contribution >= 0.6 is 0 Å². The fourth-order valence-electron chi connectivity index (χ4n) is 2.09. The van der Waals surface area contributed by atoms with Crippen molar-refractivity contribution in [2.45, 2.75) is 32.2 Å². The zero-order chi connectivity index (χ0) is 13.0. The first-order chi connectivity index (χ1) is 8.70. The van der Waals surface area contributed by atoms with Gasteiger partial charge >= 0.3 is 0 Å². The summed E-state index contributed by atoms with van der Waals surface area (Å²) in [5, 5.41) is 2.73. The normalized spacial score (nSPS) is 19.2. The molecule has 1 aromatic carbocycles. The fraction of sp³-hybridized carbons (Fsp3) is 0.429. The van der Waals surface area contributed by atoms with Gasteiger partial charge in [0.15, 0.2) is 5.78 Å². The van der Waals surface area contributed by atoms with Crippen LogP contribution in [0.1, 0.15) is 36.5 Å². The largest absolute Gasteiger partial charge is 0.494 e. The smallest absolute Gasteiger partial charge is 0.220 e. The van der Waals surface area contributed by atoms with E-state index in [-0.39, 0.29) is 17.7 Å². The SMILES string of the molecule is CCOc1ccc(C(=O)C2CCCC(=O)N2)cc1. The molecule has 0 radical (unpaired) electrons. The Morgan fingerprint density at radius 3 is 2.72 bits per heavy atom. The van der Waals surface area contributed by atoms with Crippen molar-refractivity contribution in [1.29, 1.82) is 0 Å². The Morgan fingerprint density at radius 1 is 1.39 bits per heavy atom. The van der Waals surface area contributed by atoms with Crippen molar-refractivity contribution in [2.75, 3.05) is 6.61 Å². The fourth-order valence-corrected chi connectivity index (χ4v) is 2.09. The van der Waals surface area contributed by atoms with Crippen molar-refractivity contribution in [2.24, 2.45) is 0 Å². The number of Topliss-reactive ketones (excluding diaryl/α,β-unsaturated/α-hetero) is 1. The van der Waals surface area contributed by atoms with E-state index in [0.717, 1.165) is 18.6 Å². The monoisotopic (exact) mass is 247 g/mol. The van der Waals surface area contributed by atoms with E-state index < -0.39 is 0 Å². The van der Waals surface area contributed by atoms with Crippen LogP contribution in [0.5, 0.6) is 5.75 Å². The Bertz CT molecular complexity index is 439. The Morgan fingerprint density at radius 2 is 2.11 bits per heavy atom. The first-order valence-corrected chi connectivity index (χ1v) is 6.27. The maximum atomic E-state index is 12.2. The number of ether oxygens (including phenoxy) is 1. The number of piperidine rings is 1. The molecule has 1 amide bonds. The van der Waals surface area contributed by atoms with Gasteiger partial charge in [0.1, 0.15) is 5.75 Å². The molecule has 1 unspecified atom stereocenters. The Balaban J connectivity index is 2.06. The van der Waals surface area contributed by atoms with Gasteiger partial charge in [0.2, 0.25) is 5.91 Å². The van der Waals surface area contributed by atoms with Crippen molar-refractivity contribution in [1.82, 2.24) is 5.32 Å². The first-order valence-electron chi connectivity index (χ1n) is 6.27. The number of rotatable bonds is 4. The van der Waals surface area contributed by atoms with Gasteiger partial charge in [-0.25, -0.2) is 0 Å². The van der Waals surface area contributed by atoms with Gasteiger partial charge in [0, 0.05) is 12.0 Å². The average Bonchev–Trinajstić information content (AvgIpc) is 2.39. The standard InChI is InChI=1S/C14H17NO3/c1-2-18-11-8-6-10(7-9-11)14(17)12-4-3-5-13(16)15-12/h6-9,12H,2-5H2,1H3,(H,15,16). The minimum Gasteiger partial charge on any atom is -0.494 e. The molecule has 2 rings (SSSR count). The molecule has 1 aliphatic heterocycles. The summed E-state index contributed by atoms with van der Waals surface area (Å²) in [5.41, 5.74) is 0.616. The van der Waals surface area contributed by atoms with Crippen LogP contribution in [0.15, 0.2) is 24.3 Å². The molecule has 96 valence electrons. The highest BCUT2D eigenvalue weighted by molar-refractivity contribution is 6.02. The molecule has 1 aromatic rings. The van der Waals surface area contributed by atoms with E-state index in [1.165, 1.54) is 0 Å². The first kappa shape index (κ1) is 12.6. The van der Waals surface area contributed by atoms with Crippen molar-refractivity contribution in [3.8, 4) is 5.75 Å². The third-order valence-electron chi connectivity index (χ3n) is 3.00. The van der Waals surface area contributed by atoms with Crippen LogP contribution < -0.4 is 10.1 Å². The van der Waals surface area contributed by atoms with Gasteiger partial charge in [0.25, 0.3) is 0 Å². The lowest BCUT2D eigenvalue weighted by Crippen LogP contribution is -2.43. The summed E-state index contributed by atoms with van der Waals surface area (Å²) in [5.74, 6) is 0.693. The van der Waals surface area contributed by atoms with E-state index in [9.17, 15) is 9.59 Å². The quantitative estimate of drug-likeness (QED) is 0.827. The highest BCUT2D eigenvalue weighted by atomic mass is 16.5. The third kappa shape index (κ3) is 2.88. The minimum atomic E-state index is -0.371. The molecule has 0 aliphatic carbocycles. The highest BCUT2D eigenvalue weighted by Gasteiger charge is 2.25. The van der Waals surface area contributed by atoms with Crippen LogP contribution in [-0.4, -0.2) is 24.3 Å². The lowest BCUT2D eigenvalue weighted by Gasteiger charge is -2.22. The van der Waals surface area contributed by atoms with Gasteiger partial charge in [-0.2, -0.15) is 0 Å². The molecule has 1 aliphatic rings. The van der Waals surface area contributed by atoms with Crippen molar-refractivity contribution in [3.63, 3.8) is 0 Å². The predicted octanol–water partition coefficient (Wildman–Crippen LogP) is 1.94. The van der Waals surface area contributed by atoms with Gasteiger partial charge < -0.3 is 10.1 Å². The van der Waals surface area contributed by atoms with E-state index in [2.05, 4.69) is 5.32 Å². The highest BCUT2D eigenvalue weighted by Crippen LogP contribution is 2.17. The summed E-state index contributed by atoms with van der Waals surface area (Å²) in [7, 11) is 0. The molecule has 1 heterocycles. The molecule has 4 heteroatoms. The van der Waals surface area contributed by atoms with Crippen LogP contribution in [0.4, 0.5) is 0 Å². The molecule has 1 fully saturated rings. The second-order valence-electron chi connectivity index (χ2n) is 4.33. The zero-order valence-electron chi connectivity index (χ0n) is 10.4. The lowest BCUT2D eigenvalue weighted by molar-refractivity contribution is -0.122. The summed E-state index contributed by atoms with van der Waals surface area (Å²) in [6.45, 7) is 2.52. The summed E-state index contributed by atoms with van der Waals surface area (Å²) in [6.07, 6.45) is 2.02. The van der Waals surface area contributed by atoms with Gasteiger partial charge in [-0.3, -0.25) is 9.59 Å². The number of carbonyl (C=O) groups excluding carboxylic acids is 2. The van der Waals surface area contributed by atoms with Gasteiger partial charge in [-0.15, -0.1) is 0 Å². The van der Waals surface area contributed by atoms with Gasteiger partial charge in [-0.1, -0.05) is 0 Å². The summed E-state index contributed by atoms with van der Waals surface area (Å²) in [6, 6.07) is 6.68. The number of nitrogens with one attached hydrogen (secondary N) is 1. The molecule has 0 bridgehead atoms. The number of benzene rings is 1. The number of carbonyl (C=O) groups is 2. The molecule has 4 nitrogen and oxygen atoms in total. The van der Waals surface area contributed by atoms with E-state index in [1.807, 2.05) is 6.92 Å². The average molecular weight is 247 g/mol. The van der Waals surface area contributed by atoms with E-state index in [0.29, 0.717) is 18.6 Å². The number of ketones is 1. The molecule has 0 saturated carbocycles. The minimum absolute atomic E-state index is 0.0221. The maximum absolute atomic E-state index is 12.2. The van der Waals surface area contributed by atoms with E-state index >= 15 is 0 Å². The lowest BCUT2D eigenvalue weighted by atomic mass is 9.96. The molecule has 18 heavy (non-hydrogen) atoms. The second-order valence-corrected chi connectivity index (χ2v) is 4.33. The van der Waals surface area contributed by atoms with Crippen LogP contribution in [0, 0.1) is 0 Å². The molecular weight excluding hydrogens is 230 g/mol. The third-order valence-corrected chi connectivity index (χ3v) is 3.00. The Kier molecular flexibility index (Phi) is 3.97.